The van der Waals surface area contributed by atoms with Crippen LogP contribution in [0.3, 0.4) is 0 Å². The van der Waals surface area contributed by atoms with Crippen molar-refractivity contribution in [1.29, 1.82) is 0 Å². The van der Waals surface area contributed by atoms with Crippen LogP contribution in [0.25, 0.3) is 21.9 Å². The molecule has 2 atom stereocenters. The van der Waals surface area contributed by atoms with E-state index < -0.39 is 4.87 Å². The Kier molecular flexibility index (Phi) is 4.93. The summed E-state index contributed by atoms with van der Waals surface area (Å²) < 4.78 is 11.6. The predicted octanol–water partition coefficient (Wildman–Crippen LogP) is 4.54. The van der Waals surface area contributed by atoms with Crippen LogP contribution in [0.5, 0.6) is 0 Å². The first-order valence-electron chi connectivity index (χ1n) is 12.2. The molecule has 3 aliphatic rings. The fourth-order valence-corrected chi connectivity index (χ4v) is 7.20. The largest absolute Gasteiger partial charge is 0.456 e. The monoisotopic (exact) mass is 499 g/mol. The van der Waals surface area contributed by atoms with E-state index in [0.717, 1.165) is 40.7 Å². The molecule has 2 fully saturated rings. The highest BCUT2D eigenvalue weighted by Crippen LogP contribution is 2.58. The van der Waals surface area contributed by atoms with Gasteiger partial charge < -0.3 is 9.15 Å². The van der Waals surface area contributed by atoms with Gasteiger partial charge in [0.1, 0.15) is 11.2 Å². The maximum absolute atomic E-state index is 14.4. The number of carbonyl (C=O) groups is 2. The van der Waals surface area contributed by atoms with E-state index in [4.69, 9.17) is 9.15 Å². The summed E-state index contributed by atoms with van der Waals surface area (Å²) in [7, 11) is 0. The third-order valence-electron chi connectivity index (χ3n) is 7.39. The Morgan fingerprint density at radius 2 is 1.69 bits per heavy atom. The second-order valence-corrected chi connectivity index (χ2v) is 11.0. The molecule has 0 saturated carbocycles. The van der Waals surface area contributed by atoms with Gasteiger partial charge in [0.05, 0.1) is 30.8 Å². The van der Waals surface area contributed by atoms with Gasteiger partial charge in [0, 0.05) is 41.2 Å². The Balaban J connectivity index is 1.37. The lowest BCUT2D eigenvalue weighted by Crippen LogP contribution is -2.52. The van der Waals surface area contributed by atoms with Crippen LogP contribution < -0.4 is 9.80 Å². The maximum Gasteiger partial charge on any atom is 0.269 e. The average Bonchev–Trinajstić information content (AvgIpc) is 3.49. The number of para-hydroxylation sites is 2. The lowest BCUT2D eigenvalue weighted by Gasteiger charge is -2.34. The zero-order valence-electron chi connectivity index (χ0n) is 19.8. The van der Waals surface area contributed by atoms with E-state index in [1.54, 1.807) is 4.90 Å². The van der Waals surface area contributed by atoms with Crippen molar-refractivity contribution < 1.29 is 18.7 Å². The van der Waals surface area contributed by atoms with Crippen LogP contribution in [0.4, 0.5) is 11.4 Å². The van der Waals surface area contributed by atoms with Gasteiger partial charge in [-0.3, -0.25) is 24.3 Å². The molecule has 7 rings (SSSR count). The number of rotatable bonds is 3. The van der Waals surface area contributed by atoms with Crippen molar-refractivity contribution >= 4 is 56.9 Å². The molecule has 4 aromatic rings. The summed E-state index contributed by atoms with van der Waals surface area (Å²) in [6, 6.07) is 21.6. The number of benzene rings is 3. The van der Waals surface area contributed by atoms with E-state index in [9.17, 15) is 9.59 Å². The van der Waals surface area contributed by atoms with Gasteiger partial charge in [-0.2, -0.15) is 0 Å². The second kappa shape index (κ2) is 8.09. The molecule has 0 unspecified atom stereocenters. The van der Waals surface area contributed by atoms with Crippen molar-refractivity contribution in [1.82, 2.24) is 4.90 Å². The van der Waals surface area contributed by atoms with Crippen molar-refractivity contribution in [2.45, 2.75) is 17.0 Å². The van der Waals surface area contributed by atoms with Crippen molar-refractivity contribution in [2.24, 2.45) is 0 Å². The standard InChI is InChI=1S/C28H25N3O4S/c1-18-26(32)31(19-10-11-21-20-6-2-5-9-24(20)35-25(21)16-19)28(36-18)22-7-3-4-8-23(22)30(27(28)33)17-29-12-14-34-15-13-29/h2-11,16,18H,12-15,17H2,1H3/t18-,28+/m1/s1. The van der Waals surface area contributed by atoms with E-state index in [1.165, 1.54) is 11.8 Å². The highest BCUT2D eigenvalue weighted by molar-refractivity contribution is 8.03. The van der Waals surface area contributed by atoms with E-state index >= 15 is 0 Å². The first-order chi connectivity index (χ1) is 17.6. The number of ether oxygens (including phenoxy) is 1. The molecule has 1 aromatic heterocycles. The lowest BCUT2D eigenvalue weighted by atomic mass is 10.0. The second-order valence-electron chi connectivity index (χ2n) is 9.48. The van der Waals surface area contributed by atoms with Gasteiger partial charge in [0.25, 0.3) is 5.91 Å². The fraction of sp³-hybridized carbons (Fsp3) is 0.286. The van der Waals surface area contributed by atoms with Crippen molar-refractivity contribution in [2.75, 3.05) is 42.8 Å². The first kappa shape index (κ1) is 21.9. The van der Waals surface area contributed by atoms with Crippen LogP contribution in [-0.4, -0.2) is 54.9 Å². The maximum atomic E-state index is 14.4. The molecule has 3 aliphatic heterocycles. The third-order valence-corrected chi connectivity index (χ3v) is 8.86. The number of furan rings is 1. The van der Waals surface area contributed by atoms with Crippen LogP contribution in [0.2, 0.25) is 0 Å². The summed E-state index contributed by atoms with van der Waals surface area (Å²) in [5, 5.41) is 1.66. The summed E-state index contributed by atoms with van der Waals surface area (Å²) >= 11 is 1.42. The number of hydrogen-bond donors (Lipinski definition) is 0. The van der Waals surface area contributed by atoms with Crippen molar-refractivity contribution in [3.63, 3.8) is 0 Å². The molecule has 0 aliphatic carbocycles. The number of thioether (sulfide) groups is 1. The molecule has 182 valence electrons. The van der Waals surface area contributed by atoms with Gasteiger partial charge in [-0.1, -0.05) is 36.4 Å². The minimum atomic E-state index is -1.15. The normalized spacial score (nSPS) is 24.5. The van der Waals surface area contributed by atoms with Crippen LogP contribution in [0.1, 0.15) is 12.5 Å². The Morgan fingerprint density at radius 3 is 2.56 bits per heavy atom. The van der Waals surface area contributed by atoms with Crippen molar-refractivity contribution in [3.8, 4) is 0 Å². The summed E-state index contributed by atoms with van der Waals surface area (Å²) in [5.74, 6) is -0.158. The Morgan fingerprint density at radius 1 is 0.944 bits per heavy atom. The summed E-state index contributed by atoms with van der Waals surface area (Å²) in [6.45, 7) is 5.21. The minimum Gasteiger partial charge on any atom is -0.456 e. The zero-order valence-corrected chi connectivity index (χ0v) is 20.7. The van der Waals surface area contributed by atoms with Gasteiger partial charge in [-0.15, -0.1) is 11.8 Å². The quantitative estimate of drug-likeness (QED) is 0.412. The van der Waals surface area contributed by atoms with Crippen LogP contribution in [-0.2, 0) is 19.2 Å². The highest BCUT2D eigenvalue weighted by atomic mass is 32.2. The number of hydrogen-bond acceptors (Lipinski definition) is 6. The number of carbonyl (C=O) groups excluding carboxylic acids is 2. The number of nitrogens with zero attached hydrogens (tertiary/aromatic N) is 3. The molecule has 0 bridgehead atoms. The smallest absolute Gasteiger partial charge is 0.269 e. The zero-order chi connectivity index (χ0) is 24.4. The predicted molar refractivity (Wildman–Crippen MR) is 141 cm³/mol. The summed E-state index contributed by atoms with van der Waals surface area (Å²) in [5.41, 5.74) is 3.88. The molecule has 2 amide bonds. The summed E-state index contributed by atoms with van der Waals surface area (Å²) in [6.07, 6.45) is 0. The number of morpholine rings is 1. The molecular weight excluding hydrogens is 474 g/mol. The minimum absolute atomic E-state index is 0.0770. The molecule has 0 radical (unpaired) electrons. The van der Waals surface area contributed by atoms with Gasteiger partial charge >= 0.3 is 0 Å². The van der Waals surface area contributed by atoms with E-state index in [1.807, 2.05) is 78.6 Å². The van der Waals surface area contributed by atoms with Gasteiger partial charge in [-0.25, -0.2) is 0 Å². The van der Waals surface area contributed by atoms with E-state index in [-0.39, 0.29) is 17.1 Å². The van der Waals surface area contributed by atoms with Crippen LogP contribution in [0.15, 0.2) is 71.1 Å². The van der Waals surface area contributed by atoms with E-state index in [0.29, 0.717) is 31.2 Å². The molecule has 36 heavy (non-hydrogen) atoms. The molecule has 3 aromatic carbocycles. The first-order valence-corrected chi connectivity index (χ1v) is 13.1. The van der Waals surface area contributed by atoms with Crippen LogP contribution >= 0.6 is 11.8 Å². The third kappa shape index (κ3) is 3.01. The van der Waals surface area contributed by atoms with Crippen molar-refractivity contribution in [3.05, 3.63) is 72.3 Å². The number of amides is 2. The summed E-state index contributed by atoms with van der Waals surface area (Å²) in [4.78, 5) is 32.7. The molecule has 0 N–H and O–H groups in total. The molecule has 4 heterocycles. The molecule has 7 nitrogen and oxygen atoms in total. The Labute approximate surface area is 212 Å². The molecule has 2 saturated heterocycles. The molecule has 8 heteroatoms. The van der Waals surface area contributed by atoms with Gasteiger partial charge in [0.15, 0.2) is 0 Å². The topological polar surface area (TPSA) is 66.2 Å². The van der Waals surface area contributed by atoms with Gasteiger partial charge in [0.2, 0.25) is 10.8 Å². The Bertz CT molecular complexity index is 1530. The average molecular weight is 500 g/mol. The number of anilines is 2. The SMILES string of the molecule is C[C@H]1S[C@@]2(C(=O)N(CN3CCOCC3)c3ccccc32)N(c2ccc3c(c2)oc2ccccc23)C1=O. The fourth-order valence-electron chi connectivity index (χ4n) is 5.67. The molecule has 1 spiro atoms. The van der Waals surface area contributed by atoms with E-state index in [2.05, 4.69) is 4.90 Å². The number of fused-ring (bicyclic) bond motifs is 5. The Hall–Kier alpha value is -3.33. The molecular formula is C28H25N3O4S. The highest BCUT2D eigenvalue weighted by Gasteiger charge is 2.63. The van der Waals surface area contributed by atoms with Crippen LogP contribution in [0, 0.1) is 0 Å². The lowest BCUT2D eigenvalue weighted by molar-refractivity contribution is -0.124. The van der Waals surface area contributed by atoms with Gasteiger partial charge in [-0.05, 0) is 31.2 Å².